The van der Waals surface area contributed by atoms with Gasteiger partial charge in [0.25, 0.3) is 0 Å². The summed E-state index contributed by atoms with van der Waals surface area (Å²) in [6, 6.07) is 22.1. The average Bonchev–Trinajstić information content (AvgIpc) is 3.37. The maximum atomic E-state index is 6.14. The molecule has 3 aromatic heterocycles. The van der Waals surface area contributed by atoms with Crippen LogP contribution < -0.4 is 4.74 Å². The molecule has 0 spiro atoms. The van der Waals surface area contributed by atoms with Gasteiger partial charge in [0.05, 0.1) is 5.52 Å². The van der Waals surface area contributed by atoms with Crippen molar-refractivity contribution >= 4 is 23.4 Å². The van der Waals surface area contributed by atoms with Crippen LogP contribution in [0.15, 0.2) is 72.9 Å². The second-order valence-corrected chi connectivity index (χ2v) is 7.10. The van der Waals surface area contributed by atoms with Crippen molar-refractivity contribution in [3.63, 3.8) is 0 Å². The predicted molar refractivity (Wildman–Crippen MR) is 126 cm³/mol. The number of ether oxygens (including phenoxy) is 1. The Balaban J connectivity index is 0.00000245. The molecule has 1 N–H and O–H groups in total. The Labute approximate surface area is 191 Å². The van der Waals surface area contributed by atoms with Gasteiger partial charge in [-0.3, -0.25) is 9.97 Å². The topological polar surface area (TPSA) is 89.5 Å². The summed E-state index contributed by atoms with van der Waals surface area (Å²) in [6.45, 7) is 2.53. The van der Waals surface area contributed by atoms with Gasteiger partial charge in [-0.05, 0) is 40.5 Å². The second kappa shape index (κ2) is 9.53. The summed E-state index contributed by atoms with van der Waals surface area (Å²) in [7, 11) is 0. The first-order valence-corrected chi connectivity index (χ1v) is 10.1. The Hall–Kier alpha value is -3.84. The van der Waals surface area contributed by atoms with Gasteiger partial charge in [-0.1, -0.05) is 55.5 Å². The van der Waals surface area contributed by atoms with Crippen molar-refractivity contribution in [3.05, 3.63) is 84.2 Å². The molecule has 0 saturated carbocycles. The molecule has 0 bridgehead atoms. The van der Waals surface area contributed by atoms with Crippen LogP contribution in [-0.2, 0) is 13.0 Å². The molecule has 160 valence electrons. The Morgan fingerprint density at radius 1 is 0.938 bits per heavy atom. The number of hydrogen-bond acceptors (Lipinski definition) is 6. The highest BCUT2D eigenvalue weighted by Gasteiger charge is 2.11. The zero-order chi connectivity index (χ0) is 21.0. The van der Waals surface area contributed by atoms with E-state index >= 15 is 0 Å². The lowest BCUT2D eigenvalue weighted by Crippen LogP contribution is -1.99. The largest absolute Gasteiger partial charge is 0.486 e. The standard InChI is InChI=1S/C24H20N6O.ClH/c1-2-18-14-22(23-21(26-18)8-5-13-25-23)31-15-16-9-11-17(12-10-16)19-6-3-4-7-20(19)24-27-29-30-28-24;/h3-14H,2,15H2,1H3,(H,27,28,29,30);1H. The minimum Gasteiger partial charge on any atom is -0.486 e. The third-order valence-electron chi connectivity index (χ3n) is 5.12. The van der Waals surface area contributed by atoms with E-state index in [1.54, 1.807) is 6.20 Å². The van der Waals surface area contributed by atoms with Gasteiger partial charge in [0.15, 0.2) is 0 Å². The zero-order valence-electron chi connectivity index (χ0n) is 17.4. The van der Waals surface area contributed by atoms with Crippen LogP contribution in [0, 0.1) is 0 Å². The van der Waals surface area contributed by atoms with Crippen LogP contribution in [0.1, 0.15) is 18.2 Å². The first-order chi connectivity index (χ1) is 15.3. The van der Waals surface area contributed by atoms with Crippen LogP contribution >= 0.6 is 12.4 Å². The molecular formula is C24H21ClN6O. The quantitative estimate of drug-likeness (QED) is 0.394. The van der Waals surface area contributed by atoms with E-state index in [0.717, 1.165) is 51.2 Å². The van der Waals surface area contributed by atoms with Gasteiger partial charge in [-0.25, -0.2) is 0 Å². The van der Waals surface area contributed by atoms with Crippen molar-refractivity contribution in [2.75, 3.05) is 0 Å². The van der Waals surface area contributed by atoms with E-state index in [0.29, 0.717) is 12.4 Å². The van der Waals surface area contributed by atoms with E-state index < -0.39 is 0 Å². The van der Waals surface area contributed by atoms with Gasteiger partial charge in [-0.2, -0.15) is 5.21 Å². The molecule has 2 aromatic carbocycles. The molecule has 0 aliphatic heterocycles. The molecule has 32 heavy (non-hydrogen) atoms. The molecule has 0 saturated heterocycles. The lowest BCUT2D eigenvalue weighted by Gasteiger charge is -2.11. The fourth-order valence-corrected chi connectivity index (χ4v) is 3.52. The monoisotopic (exact) mass is 444 g/mol. The Morgan fingerprint density at radius 2 is 1.75 bits per heavy atom. The fraction of sp³-hybridized carbons (Fsp3) is 0.125. The summed E-state index contributed by atoms with van der Waals surface area (Å²) in [6.07, 6.45) is 2.61. The molecule has 0 radical (unpaired) electrons. The average molecular weight is 445 g/mol. The fourth-order valence-electron chi connectivity index (χ4n) is 3.52. The number of tetrazole rings is 1. The number of aromatic nitrogens is 6. The molecule has 0 aliphatic rings. The number of H-pyrrole nitrogens is 1. The van der Waals surface area contributed by atoms with Crippen LogP contribution in [0.3, 0.4) is 0 Å². The number of rotatable bonds is 6. The van der Waals surface area contributed by atoms with E-state index in [4.69, 9.17) is 4.74 Å². The third kappa shape index (κ3) is 4.29. The molecule has 0 fully saturated rings. The molecule has 8 heteroatoms. The van der Waals surface area contributed by atoms with Crippen molar-refractivity contribution in [1.29, 1.82) is 0 Å². The number of nitrogens with one attached hydrogen (secondary N) is 1. The van der Waals surface area contributed by atoms with Gasteiger partial charge in [0.2, 0.25) is 5.82 Å². The molecule has 0 atom stereocenters. The molecule has 0 aliphatic carbocycles. The highest BCUT2D eigenvalue weighted by Crippen LogP contribution is 2.30. The number of aromatic amines is 1. The number of hydrogen-bond donors (Lipinski definition) is 1. The maximum absolute atomic E-state index is 6.14. The summed E-state index contributed by atoms with van der Waals surface area (Å²) in [4.78, 5) is 9.07. The Morgan fingerprint density at radius 3 is 2.50 bits per heavy atom. The first kappa shape index (κ1) is 21.4. The SMILES string of the molecule is CCc1cc(OCc2ccc(-c3ccccc3-c3nn[nH]n3)cc2)c2ncccc2n1.Cl. The van der Waals surface area contributed by atoms with Gasteiger partial charge in [0, 0.05) is 23.5 Å². The van der Waals surface area contributed by atoms with Crippen molar-refractivity contribution in [2.45, 2.75) is 20.0 Å². The summed E-state index contributed by atoms with van der Waals surface area (Å²) in [5.41, 5.74) is 6.75. The predicted octanol–water partition coefficient (Wildman–Crippen LogP) is 5.04. The summed E-state index contributed by atoms with van der Waals surface area (Å²) in [5, 5.41) is 14.4. The number of pyridine rings is 2. The zero-order valence-corrected chi connectivity index (χ0v) is 18.2. The molecule has 5 rings (SSSR count). The van der Waals surface area contributed by atoms with Gasteiger partial charge in [-0.15, -0.1) is 22.6 Å². The smallest absolute Gasteiger partial charge is 0.205 e. The van der Waals surface area contributed by atoms with Crippen LogP contribution in [0.4, 0.5) is 0 Å². The van der Waals surface area contributed by atoms with Crippen LogP contribution in [-0.4, -0.2) is 30.6 Å². The molecular weight excluding hydrogens is 424 g/mol. The lowest BCUT2D eigenvalue weighted by molar-refractivity contribution is 0.309. The normalized spacial score (nSPS) is 10.7. The number of halogens is 1. The number of benzene rings is 2. The van der Waals surface area contributed by atoms with E-state index in [2.05, 4.69) is 67.8 Å². The van der Waals surface area contributed by atoms with E-state index in [-0.39, 0.29) is 12.4 Å². The van der Waals surface area contributed by atoms with E-state index in [1.807, 2.05) is 36.4 Å². The summed E-state index contributed by atoms with van der Waals surface area (Å²) >= 11 is 0. The van der Waals surface area contributed by atoms with E-state index in [9.17, 15) is 0 Å². The van der Waals surface area contributed by atoms with Crippen molar-refractivity contribution in [1.82, 2.24) is 30.6 Å². The van der Waals surface area contributed by atoms with Crippen molar-refractivity contribution in [3.8, 4) is 28.3 Å². The molecule has 0 unspecified atom stereocenters. The third-order valence-corrected chi connectivity index (χ3v) is 5.12. The number of fused-ring (bicyclic) bond motifs is 1. The van der Waals surface area contributed by atoms with Crippen LogP contribution in [0.5, 0.6) is 5.75 Å². The number of nitrogens with zero attached hydrogens (tertiary/aromatic N) is 5. The molecule has 3 heterocycles. The lowest BCUT2D eigenvalue weighted by atomic mass is 9.98. The Bertz CT molecular complexity index is 1320. The highest BCUT2D eigenvalue weighted by molar-refractivity contribution is 5.85. The molecule has 0 amide bonds. The first-order valence-electron chi connectivity index (χ1n) is 10.1. The summed E-state index contributed by atoms with van der Waals surface area (Å²) in [5.74, 6) is 1.33. The van der Waals surface area contributed by atoms with Gasteiger partial charge < -0.3 is 4.74 Å². The second-order valence-electron chi connectivity index (χ2n) is 7.10. The maximum Gasteiger partial charge on any atom is 0.205 e. The summed E-state index contributed by atoms with van der Waals surface area (Å²) < 4.78 is 6.14. The molecule has 5 aromatic rings. The highest BCUT2D eigenvalue weighted by atomic mass is 35.5. The van der Waals surface area contributed by atoms with E-state index in [1.165, 1.54) is 0 Å². The minimum atomic E-state index is 0. The van der Waals surface area contributed by atoms with Gasteiger partial charge in [0.1, 0.15) is 17.9 Å². The molecule has 7 nitrogen and oxygen atoms in total. The Kier molecular flexibility index (Phi) is 6.37. The van der Waals surface area contributed by atoms with Crippen LogP contribution in [0.2, 0.25) is 0 Å². The van der Waals surface area contributed by atoms with Crippen molar-refractivity contribution in [2.24, 2.45) is 0 Å². The number of aryl methyl sites for hydroxylation is 1. The van der Waals surface area contributed by atoms with Crippen LogP contribution in [0.25, 0.3) is 33.5 Å². The van der Waals surface area contributed by atoms with Gasteiger partial charge >= 0.3 is 0 Å². The van der Waals surface area contributed by atoms with Crippen molar-refractivity contribution < 1.29 is 4.74 Å². The minimum absolute atomic E-state index is 0.